The third kappa shape index (κ3) is 7.97. The molecule has 2 aromatic carbocycles. The van der Waals surface area contributed by atoms with Gasteiger partial charge in [0.05, 0.1) is 8.07 Å². The van der Waals surface area contributed by atoms with Gasteiger partial charge in [-0.1, -0.05) is 160 Å². The van der Waals surface area contributed by atoms with Gasteiger partial charge in [0.15, 0.2) is 0 Å². The lowest BCUT2D eigenvalue weighted by atomic mass is 9.66. The predicted octanol–water partition coefficient (Wildman–Crippen LogP) is 15.6. The molecule has 0 saturated heterocycles. The van der Waals surface area contributed by atoms with Crippen LogP contribution in [0.3, 0.4) is 0 Å². The van der Waals surface area contributed by atoms with Gasteiger partial charge in [-0.15, -0.1) is 0 Å². The van der Waals surface area contributed by atoms with E-state index in [0.29, 0.717) is 11.8 Å². The van der Waals surface area contributed by atoms with E-state index in [1.165, 1.54) is 38.5 Å². The second-order valence-electron chi connectivity index (χ2n) is 25.0. The van der Waals surface area contributed by atoms with Crippen LogP contribution in [0.5, 0.6) is 0 Å². The Morgan fingerprint density at radius 2 is 0.679 bits per heavy atom. The standard InChI is InChI=1S/C52H84Si/c1-31-19-41(35-25-37(49(5,6)7)29-38(26-35)50(8,9)10)43-23-33(3)47(45(43)21-31)53(17,18)48-34(4)24-44-42(20-32(2)22-46(44)48)36-27-39(51(11,12)13)30-40(28-36)52(14,15)16/h25-34,41-48H,19-24H2,1-18H3. The van der Waals surface area contributed by atoms with Crippen molar-refractivity contribution in [2.75, 3.05) is 0 Å². The molecule has 4 aliphatic rings. The van der Waals surface area contributed by atoms with Crippen LogP contribution in [0.1, 0.15) is 195 Å². The average Bonchev–Trinajstić information content (AvgIpc) is 3.53. The van der Waals surface area contributed by atoms with E-state index in [0.717, 1.165) is 58.4 Å². The molecule has 0 radical (unpaired) electrons. The third-order valence-corrected chi connectivity index (χ3v) is 21.6. The van der Waals surface area contributed by atoms with E-state index < -0.39 is 8.07 Å². The van der Waals surface area contributed by atoms with Crippen molar-refractivity contribution in [2.24, 2.45) is 47.3 Å². The fraction of sp³-hybridized carbons (Fsp3) is 0.769. The Bertz CT molecular complexity index is 1430. The summed E-state index contributed by atoms with van der Waals surface area (Å²) in [5.74, 6) is 8.26. The molecule has 4 fully saturated rings. The smallest absolute Gasteiger partial charge is 0.0546 e. The molecule has 6 rings (SSSR count). The van der Waals surface area contributed by atoms with Gasteiger partial charge in [-0.3, -0.25) is 0 Å². The minimum absolute atomic E-state index is 0.169. The van der Waals surface area contributed by atoms with Crippen LogP contribution in [-0.2, 0) is 21.7 Å². The van der Waals surface area contributed by atoms with Crippen LogP contribution in [0.2, 0.25) is 24.2 Å². The molecule has 0 bridgehead atoms. The van der Waals surface area contributed by atoms with Crippen LogP contribution in [-0.4, -0.2) is 8.07 Å². The molecule has 0 spiro atoms. The first-order chi connectivity index (χ1) is 24.2. The van der Waals surface area contributed by atoms with Crippen LogP contribution >= 0.6 is 0 Å². The van der Waals surface area contributed by atoms with E-state index in [2.05, 4.69) is 160 Å². The SMILES string of the molecule is CC1CC(c2cc(C(C)(C)C)cc(C(C)(C)C)c2)C2CC(C)C([Si](C)(C)C3C(C)CC4C(c5cc(C(C)(C)C)cc(C(C)(C)C)c5)CC(C)CC43)C2C1. The molecule has 0 amide bonds. The van der Waals surface area contributed by atoms with Crippen LogP contribution in [0, 0.1) is 47.3 Å². The number of benzene rings is 2. The van der Waals surface area contributed by atoms with E-state index in [4.69, 9.17) is 0 Å². The molecule has 296 valence electrons. The zero-order chi connectivity index (χ0) is 39.4. The van der Waals surface area contributed by atoms with Gasteiger partial charge in [0.2, 0.25) is 0 Å². The van der Waals surface area contributed by atoms with Crippen molar-refractivity contribution >= 4 is 8.07 Å². The van der Waals surface area contributed by atoms with Crippen molar-refractivity contribution in [2.45, 2.75) is 207 Å². The van der Waals surface area contributed by atoms with Crippen LogP contribution < -0.4 is 0 Å². The summed E-state index contributed by atoms with van der Waals surface area (Å²) < 4.78 is 0. The van der Waals surface area contributed by atoms with Gasteiger partial charge in [-0.25, -0.2) is 0 Å². The first-order valence-electron chi connectivity index (χ1n) is 22.5. The highest BCUT2D eigenvalue weighted by molar-refractivity contribution is 6.80. The van der Waals surface area contributed by atoms with E-state index >= 15 is 0 Å². The maximum atomic E-state index is 2.93. The number of fused-ring (bicyclic) bond motifs is 2. The van der Waals surface area contributed by atoms with Gasteiger partial charge in [0.25, 0.3) is 0 Å². The van der Waals surface area contributed by atoms with E-state index in [9.17, 15) is 0 Å². The second-order valence-corrected chi connectivity index (χ2v) is 30.0. The minimum Gasteiger partial charge on any atom is -0.0689 e. The molecule has 0 aromatic heterocycles. The van der Waals surface area contributed by atoms with Gasteiger partial charge in [0.1, 0.15) is 0 Å². The molecular formula is C52H84Si. The normalized spacial score (nSPS) is 35.7. The summed E-state index contributed by atoms with van der Waals surface area (Å²) in [6.45, 7) is 45.6. The van der Waals surface area contributed by atoms with Crippen molar-refractivity contribution < 1.29 is 0 Å². The maximum Gasteiger partial charge on any atom is 0.0546 e. The highest BCUT2D eigenvalue weighted by atomic mass is 28.3. The summed E-state index contributed by atoms with van der Waals surface area (Å²) in [6, 6.07) is 15.8. The lowest BCUT2D eigenvalue weighted by Crippen LogP contribution is -2.48. The van der Waals surface area contributed by atoms with Gasteiger partial charge < -0.3 is 0 Å². The fourth-order valence-electron chi connectivity index (χ4n) is 13.8. The van der Waals surface area contributed by atoms with E-state index in [1.807, 2.05) is 0 Å². The van der Waals surface area contributed by atoms with E-state index in [1.54, 1.807) is 33.4 Å². The first kappa shape index (κ1) is 41.3. The molecule has 1 heteroatoms. The largest absolute Gasteiger partial charge is 0.0689 e. The highest BCUT2D eigenvalue weighted by Gasteiger charge is 2.60. The number of hydrogen-bond donors (Lipinski definition) is 0. The van der Waals surface area contributed by atoms with Crippen molar-refractivity contribution in [1.82, 2.24) is 0 Å². The summed E-state index contributed by atoms with van der Waals surface area (Å²) >= 11 is 0. The Kier molecular flexibility index (Phi) is 10.9. The molecular weight excluding hydrogens is 653 g/mol. The van der Waals surface area contributed by atoms with Gasteiger partial charge in [-0.2, -0.15) is 0 Å². The maximum absolute atomic E-state index is 2.93. The molecule has 0 N–H and O–H groups in total. The molecule has 12 atom stereocenters. The fourth-order valence-corrected chi connectivity index (χ4v) is 20.4. The first-order valence-corrected chi connectivity index (χ1v) is 25.6. The lowest BCUT2D eigenvalue weighted by molar-refractivity contribution is 0.177. The number of rotatable bonds is 4. The molecule has 12 unspecified atom stereocenters. The van der Waals surface area contributed by atoms with Gasteiger partial charge in [0, 0.05) is 0 Å². The van der Waals surface area contributed by atoms with Crippen LogP contribution in [0.15, 0.2) is 36.4 Å². The van der Waals surface area contributed by atoms with Crippen LogP contribution in [0.4, 0.5) is 0 Å². The Hall–Kier alpha value is -1.34. The van der Waals surface area contributed by atoms with Crippen molar-refractivity contribution in [1.29, 1.82) is 0 Å². The van der Waals surface area contributed by atoms with Gasteiger partial charge >= 0.3 is 0 Å². The molecule has 0 aliphatic heterocycles. The van der Waals surface area contributed by atoms with Gasteiger partial charge in [-0.05, 0) is 164 Å². The lowest BCUT2D eigenvalue weighted by Gasteiger charge is -2.50. The van der Waals surface area contributed by atoms with Crippen LogP contribution in [0.25, 0.3) is 0 Å². The Morgan fingerprint density at radius 3 is 0.943 bits per heavy atom. The second kappa shape index (κ2) is 13.9. The summed E-state index contributed by atoms with van der Waals surface area (Å²) in [5.41, 5.74) is 12.1. The van der Waals surface area contributed by atoms with Crippen molar-refractivity contribution in [3.05, 3.63) is 69.8 Å². The minimum atomic E-state index is -1.66. The van der Waals surface area contributed by atoms with Crippen molar-refractivity contribution in [3.8, 4) is 0 Å². The van der Waals surface area contributed by atoms with E-state index in [-0.39, 0.29) is 21.7 Å². The average molecular weight is 737 g/mol. The quantitative estimate of drug-likeness (QED) is 0.274. The Balaban J connectivity index is 1.35. The molecule has 2 aromatic rings. The topological polar surface area (TPSA) is 0 Å². The Labute approximate surface area is 330 Å². The molecule has 0 heterocycles. The van der Waals surface area contributed by atoms with Crippen molar-refractivity contribution in [3.63, 3.8) is 0 Å². The summed E-state index contributed by atoms with van der Waals surface area (Å²) in [6.07, 6.45) is 8.62. The number of hydrogen-bond acceptors (Lipinski definition) is 0. The molecule has 0 nitrogen and oxygen atoms in total. The summed E-state index contributed by atoms with van der Waals surface area (Å²) in [5, 5.41) is 0. The summed E-state index contributed by atoms with van der Waals surface area (Å²) in [7, 11) is -1.66. The monoisotopic (exact) mass is 737 g/mol. The predicted molar refractivity (Wildman–Crippen MR) is 236 cm³/mol. The zero-order valence-electron chi connectivity index (χ0n) is 38.1. The Morgan fingerprint density at radius 1 is 0.396 bits per heavy atom. The highest BCUT2D eigenvalue weighted by Crippen LogP contribution is 2.68. The molecule has 53 heavy (non-hydrogen) atoms. The zero-order valence-corrected chi connectivity index (χ0v) is 39.1. The molecule has 4 aliphatic carbocycles. The summed E-state index contributed by atoms with van der Waals surface area (Å²) in [4.78, 5) is 0. The molecule has 4 saturated carbocycles. The third-order valence-electron chi connectivity index (χ3n) is 16.2.